The van der Waals surface area contributed by atoms with Gasteiger partial charge in [0.1, 0.15) is 5.75 Å². The molecule has 0 spiro atoms. The van der Waals surface area contributed by atoms with Crippen molar-refractivity contribution < 1.29 is 9.94 Å². The fourth-order valence-electron chi connectivity index (χ4n) is 4.10. The molecular formula is C17H22ClNO2. The molecule has 0 heterocycles. The first-order valence-electron chi connectivity index (χ1n) is 7.69. The van der Waals surface area contributed by atoms with Crippen LogP contribution in [-0.2, 0) is 11.8 Å². The normalized spacial score (nSPS) is 30.4. The van der Waals surface area contributed by atoms with Crippen LogP contribution in [0, 0.1) is 5.92 Å². The van der Waals surface area contributed by atoms with Crippen LogP contribution in [0.4, 0.5) is 0 Å². The highest BCUT2D eigenvalue weighted by Gasteiger charge is 2.44. The first-order chi connectivity index (χ1) is 10.1. The molecule has 2 aliphatic rings. The van der Waals surface area contributed by atoms with E-state index in [0.717, 1.165) is 42.2 Å². The Bertz CT molecular complexity index is 584. The fraction of sp³-hybridized carbons (Fsp3) is 0.588. The second-order valence-corrected chi connectivity index (χ2v) is 6.86. The Morgan fingerprint density at radius 2 is 2.14 bits per heavy atom. The molecule has 3 rings (SSSR count). The van der Waals surface area contributed by atoms with Gasteiger partial charge in [0.25, 0.3) is 0 Å². The fourth-order valence-corrected chi connectivity index (χ4v) is 4.39. The molecule has 21 heavy (non-hydrogen) atoms. The molecule has 3 nitrogen and oxygen atoms in total. The zero-order valence-corrected chi connectivity index (χ0v) is 13.4. The van der Waals surface area contributed by atoms with E-state index < -0.39 is 0 Å². The second kappa shape index (κ2) is 5.53. The van der Waals surface area contributed by atoms with Crippen molar-refractivity contribution in [1.29, 1.82) is 0 Å². The van der Waals surface area contributed by atoms with Crippen molar-refractivity contribution in [3.05, 3.63) is 28.3 Å². The number of hydrogen-bond donors (Lipinski definition) is 1. The van der Waals surface area contributed by atoms with Crippen LogP contribution >= 0.6 is 11.6 Å². The van der Waals surface area contributed by atoms with Gasteiger partial charge in [-0.1, -0.05) is 42.9 Å². The van der Waals surface area contributed by atoms with E-state index in [2.05, 4.69) is 18.1 Å². The Morgan fingerprint density at radius 1 is 1.33 bits per heavy atom. The van der Waals surface area contributed by atoms with Gasteiger partial charge in [-0.25, -0.2) is 0 Å². The van der Waals surface area contributed by atoms with Gasteiger partial charge < -0.3 is 9.94 Å². The van der Waals surface area contributed by atoms with Crippen LogP contribution in [0.5, 0.6) is 5.75 Å². The SMILES string of the molecule is COc1cc(Cl)c2c(c1)C1(C)CCCCCC(C2)/C1=N\O. The van der Waals surface area contributed by atoms with E-state index in [1.165, 1.54) is 24.0 Å². The Morgan fingerprint density at radius 3 is 2.86 bits per heavy atom. The van der Waals surface area contributed by atoms with Crippen LogP contribution in [0.3, 0.4) is 0 Å². The van der Waals surface area contributed by atoms with Crippen molar-refractivity contribution in [1.82, 2.24) is 0 Å². The van der Waals surface area contributed by atoms with Crippen molar-refractivity contribution in [3.8, 4) is 5.75 Å². The number of oxime groups is 1. The predicted octanol–water partition coefficient (Wildman–Crippen LogP) is 4.57. The number of benzene rings is 1. The first-order valence-corrected chi connectivity index (χ1v) is 8.07. The molecule has 4 heteroatoms. The van der Waals surface area contributed by atoms with Gasteiger partial charge in [-0.15, -0.1) is 0 Å². The Balaban J connectivity index is 2.21. The third-order valence-corrected chi connectivity index (χ3v) is 5.58. The van der Waals surface area contributed by atoms with Gasteiger partial charge in [-0.2, -0.15) is 0 Å². The molecule has 1 aromatic rings. The summed E-state index contributed by atoms with van der Waals surface area (Å²) in [6.45, 7) is 2.19. The summed E-state index contributed by atoms with van der Waals surface area (Å²) in [5.41, 5.74) is 3.09. The molecule has 0 radical (unpaired) electrons. The number of hydrogen-bond acceptors (Lipinski definition) is 3. The highest BCUT2D eigenvalue weighted by Crippen LogP contribution is 2.47. The highest BCUT2D eigenvalue weighted by molar-refractivity contribution is 6.31. The predicted molar refractivity (Wildman–Crippen MR) is 84.9 cm³/mol. The van der Waals surface area contributed by atoms with E-state index >= 15 is 0 Å². The number of methoxy groups -OCH3 is 1. The largest absolute Gasteiger partial charge is 0.497 e. The summed E-state index contributed by atoms with van der Waals surface area (Å²) in [5, 5.41) is 14.1. The van der Waals surface area contributed by atoms with E-state index in [1.807, 2.05) is 6.07 Å². The smallest absolute Gasteiger partial charge is 0.120 e. The average Bonchev–Trinajstić information content (AvgIpc) is 2.46. The van der Waals surface area contributed by atoms with E-state index in [4.69, 9.17) is 16.3 Å². The topological polar surface area (TPSA) is 41.8 Å². The van der Waals surface area contributed by atoms with Crippen molar-refractivity contribution in [3.63, 3.8) is 0 Å². The van der Waals surface area contributed by atoms with E-state index in [-0.39, 0.29) is 5.41 Å². The molecule has 114 valence electrons. The summed E-state index contributed by atoms with van der Waals surface area (Å²) >= 11 is 6.50. The minimum atomic E-state index is -0.231. The number of ether oxygens (including phenoxy) is 1. The quantitative estimate of drug-likeness (QED) is 0.610. The molecule has 1 saturated carbocycles. The van der Waals surface area contributed by atoms with Gasteiger partial charge in [0, 0.05) is 16.4 Å². The molecule has 1 aromatic carbocycles. The second-order valence-electron chi connectivity index (χ2n) is 6.45. The van der Waals surface area contributed by atoms with Gasteiger partial charge in [-0.05, 0) is 42.5 Å². The lowest BCUT2D eigenvalue weighted by Gasteiger charge is -2.43. The Labute approximate surface area is 130 Å². The maximum atomic E-state index is 9.62. The van der Waals surface area contributed by atoms with Crippen molar-refractivity contribution in [2.75, 3.05) is 7.11 Å². The van der Waals surface area contributed by atoms with Crippen LogP contribution in [0.25, 0.3) is 0 Å². The molecule has 0 saturated heterocycles. The molecule has 2 unspecified atom stereocenters. The molecule has 0 amide bonds. The third-order valence-electron chi connectivity index (χ3n) is 5.24. The van der Waals surface area contributed by atoms with Crippen LogP contribution in [0.15, 0.2) is 17.3 Å². The van der Waals surface area contributed by atoms with Crippen LogP contribution in [0.2, 0.25) is 5.02 Å². The van der Waals surface area contributed by atoms with Gasteiger partial charge in [-0.3, -0.25) is 0 Å². The van der Waals surface area contributed by atoms with Crippen molar-refractivity contribution in [2.24, 2.45) is 11.1 Å². The monoisotopic (exact) mass is 307 g/mol. The molecule has 0 aromatic heterocycles. The number of rotatable bonds is 1. The number of nitrogens with zero attached hydrogens (tertiary/aromatic N) is 1. The minimum absolute atomic E-state index is 0.231. The lowest BCUT2D eigenvalue weighted by atomic mass is 9.61. The maximum Gasteiger partial charge on any atom is 0.120 e. The third kappa shape index (κ3) is 2.32. The summed E-state index contributed by atoms with van der Waals surface area (Å²) in [5.74, 6) is 1.08. The van der Waals surface area contributed by atoms with E-state index in [0.29, 0.717) is 5.92 Å². The van der Waals surface area contributed by atoms with Crippen molar-refractivity contribution >= 4 is 17.3 Å². The lowest BCUT2D eigenvalue weighted by Crippen LogP contribution is -2.44. The van der Waals surface area contributed by atoms with Crippen LogP contribution in [-0.4, -0.2) is 18.0 Å². The molecule has 2 atom stereocenters. The Kier molecular flexibility index (Phi) is 3.87. The standard InChI is InChI=1S/C17H22ClNO2/c1-17-7-5-3-4-6-11(16(17)19-20)8-13-14(17)9-12(21-2)10-15(13)18/h9-11,20H,3-8H2,1-2H3/b19-16+. The first kappa shape index (κ1) is 14.7. The molecule has 2 bridgehead atoms. The summed E-state index contributed by atoms with van der Waals surface area (Å²) in [7, 11) is 1.66. The highest BCUT2D eigenvalue weighted by atomic mass is 35.5. The van der Waals surface area contributed by atoms with Crippen LogP contribution in [0.1, 0.15) is 50.2 Å². The van der Waals surface area contributed by atoms with Gasteiger partial charge in [0.05, 0.1) is 12.8 Å². The summed E-state index contributed by atoms with van der Waals surface area (Å²) in [6, 6.07) is 3.97. The zero-order chi connectivity index (χ0) is 15.0. The number of halogens is 1. The Hall–Kier alpha value is -1.22. The zero-order valence-electron chi connectivity index (χ0n) is 12.7. The van der Waals surface area contributed by atoms with Gasteiger partial charge in [0.2, 0.25) is 0 Å². The van der Waals surface area contributed by atoms with E-state index in [9.17, 15) is 5.21 Å². The van der Waals surface area contributed by atoms with Crippen LogP contribution < -0.4 is 4.74 Å². The van der Waals surface area contributed by atoms with E-state index in [1.54, 1.807) is 7.11 Å². The molecule has 1 N–H and O–H groups in total. The summed E-state index contributed by atoms with van der Waals surface area (Å²) in [6.07, 6.45) is 6.54. The average molecular weight is 308 g/mol. The van der Waals surface area contributed by atoms with Crippen molar-refractivity contribution in [2.45, 2.75) is 50.9 Å². The minimum Gasteiger partial charge on any atom is -0.497 e. The molecular weight excluding hydrogens is 286 g/mol. The molecule has 2 aliphatic carbocycles. The molecule has 0 aliphatic heterocycles. The number of fused-ring (bicyclic) bond motifs is 4. The summed E-state index contributed by atoms with van der Waals surface area (Å²) < 4.78 is 5.38. The molecule has 1 fully saturated rings. The lowest BCUT2D eigenvalue weighted by molar-refractivity contribution is 0.296. The summed E-state index contributed by atoms with van der Waals surface area (Å²) in [4.78, 5) is 0. The van der Waals surface area contributed by atoms with Gasteiger partial charge in [0.15, 0.2) is 0 Å². The maximum absolute atomic E-state index is 9.62. The van der Waals surface area contributed by atoms with Gasteiger partial charge >= 0.3 is 0 Å².